The lowest BCUT2D eigenvalue weighted by molar-refractivity contribution is -0.0108. The van der Waals surface area contributed by atoms with Crippen LogP contribution in [0.1, 0.15) is 35.2 Å². The van der Waals surface area contributed by atoms with Crippen LogP contribution in [0.4, 0.5) is 4.39 Å². The molecule has 1 saturated heterocycles. The molecule has 2 aliphatic heterocycles. The number of halogens is 1. The molecular weight excluding hydrogens is 333 g/mol. The highest BCUT2D eigenvalue weighted by Crippen LogP contribution is 2.40. The second kappa shape index (κ2) is 6.72. The number of carbonyl (C=O) groups excluding carboxylic acids is 1. The molecule has 2 aromatic carbocycles. The van der Waals surface area contributed by atoms with Crippen molar-refractivity contribution in [3.63, 3.8) is 0 Å². The Labute approximate surface area is 152 Å². The van der Waals surface area contributed by atoms with Gasteiger partial charge in [0.05, 0.1) is 19.1 Å². The number of rotatable bonds is 3. The first-order valence-electron chi connectivity index (χ1n) is 8.94. The molecule has 2 aromatic rings. The molecule has 136 valence electrons. The van der Waals surface area contributed by atoms with Gasteiger partial charge in [-0.15, -0.1) is 0 Å². The van der Waals surface area contributed by atoms with Gasteiger partial charge in [0, 0.05) is 38.5 Å². The van der Waals surface area contributed by atoms with Gasteiger partial charge in [0.1, 0.15) is 22.9 Å². The number of methoxy groups -OCH3 is 1. The van der Waals surface area contributed by atoms with Crippen molar-refractivity contribution in [1.29, 1.82) is 0 Å². The van der Waals surface area contributed by atoms with Crippen LogP contribution in [-0.4, -0.2) is 36.5 Å². The summed E-state index contributed by atoms with van der Waals surface area (Å²) in [5.41, 5.74) is 1.32. The van der Waals surface area contributed by atoms with Crippen molar-refractivity contribution in [3.8, 4) is 11.5 Å². The minimum absolute atomic E-state index is 0.140. The number of nitrogens with zero attached hydrogens (tertiary/aromatic N) is 1. The van der Waals surface area contributed by atoms with E-state index in [4.69, 9.17) is 9.47 Å². The van der Waals surface area contributed by atoms with Crippen LogP contribution in [0.2, 0.25) is 0 Å². The van der Waals surface area contributed by atoms with Crippen molar-refractivity contribution < 1.29 is 18.7 Å². The topological polar surface area (TPSA) is 38.8 Å². The minimum atomic E-state index is -0.421. The van der Waals surface area contributed by atoms with Gasteiger partial charge >= 0.3 is 0 Å². The number of carbonyl (C=O) groups is 1. The third kappa shape index (κ3) is 3.31. The molecule has 0 bridgehead atoms. The van der Waals surface area contributed by atoms with Crippen LogP contribution in [0, 0.1) is 5.82 Å². The first kappa shape index (κ1) is 17.0. The minimum Gasteiger partial charge on any atom is -0.497 e. The SMILES string of the molecule is COc1ccc2c(c1)OC1(CCN(Cc3ccc(F)cc3)CC1)CC2=O. The fourth-order valence-electron chi connectivity index (χ4n) is 3.85. The van der Waals surface area contributed by atoms with Crippen LogP contribution in [0.15, 0.2) is 42.5 Å². The van der Waals surface area contributed by atoms with E-state index in [9.17, 15) is 9.18 Å². The molecule has 0 atom stereocenters. The Morgan fingerprint density at radius 2 is 1.88 bits per heavy atom. The van der Waals surface area contributed by atoms with Crippen LogP contribution in [0.5, 0.6) is 11.5 Å². The smallest absolute Gasteiger partial charge is 0.170 e. The van der Waals surface area contributed by atoms with Crippen molar-refractivity contribution in [2.24, 2.45) is 0 Å². The predicted octanol–water partition coefficient (Wildman–Crippen LogP) is 3.83. The molecule has 26 heavy (non-hydrogen) atoms. The number of hydrogen-bond acceptors (Lipinski definition) is 4. The van der Waals surface area contributed by atoms with Gasteiger partial charge in [0.15, 0.2) is 5.78 Å². The summed E-state index contributed by atoms with van der Waals surface area (Å²) in [5, 5.41) is 0. The molecule has 4 nitrogen and oxygen atoms in total. The number of hydrogen-bond donors (Lipinski definition) is 0. The molecule has 4 rings (SSSR count). The van der Waals surface area contributed by atoms with Crippen molar-refractivity contribution in [2.45, 2.75) is 31.4 Å². The highest BCUT2D eigenvalue weighted by atomic mass is 19.1. The molecule has 0 saturated carbocycles. The van der Waals surface area contributed by atoms with Gasteiger partial charge in [-0.2, -0.15) is 0 Å². The van der Waals surface area contributed by atoms with Gasteiger partial charge in [0.2, 0.25) is 0 Å². The number of piperidine rings is 1. The van der Waals surface area contributed by atoms with Crippen molar-refractivity contribution in [1.82, 2.24) is 4.90 Å². The Kier molecular flexibility index (Phi) is 4.41. The molecule has 0 radical (unpaired) electrons. The van der Waals surface area contributed by atoms with Crippen LogP contribution in [0.25, 0.3) is 0 Å². The van der Waals surface area contributed by atoms with E-state index in [1.165, 1.54) is 12.1 Å². The maximum Gasteiger partial charge on any atom is 0.170 e. The van der Waals surface area contributed by atoms with E-state index in [1.54, 1.807) is 25.3 Å². The second-order valence-electron chi connectivity index (χ2n) is 7.15. The summed E-state index contributed by atoms with van der Waals surface area (Å²) in [7, 11) is 1.61. The van der Waals surface area contributed by atoms with Crippen LogP contribution in [0.3, 0.4) is 0 Å². The Morgan fingerprint density at radius 1 is 1.15 bits per heavy atom. The molecule has 5 heteroatoms. The van der Waals surface area contributed by atoms with Gasteiger partial charge in [-0.3, -0.25) is 9.69 Å². The number of ether oxygens (including phenoxy) is 2. The number of benzene rings is 2. The molecule has 0 N–H and O–H groups in total. The van der Waals surface area contributed by atoms with E-state index >= 15 is 0 Å². The lowest BCUT2D eigenvalue weighted by atomic mass is 9.82. The number of Topliss-reactive ketones (excluding diaryl/α,β-unsaturated/α-hetero) is 1. The van der Waals surface area contributed by atoms with Crippen LogP contribution in [-0.2, 0) is 6.54 Å². The zero-order valence-corrected chi connectivity index (χ0v) is 14.8. The predicted molar refractivity (Wildman–Crippen MR) is 96.2 cm³/mol. The van der Waals surface area contributed by atoms with Crippen molar-refractivity contribution >= 4 is 5.78 Å². The molecule has 2 heterocycles. The molecule has 2 aliphatic rings. The van der Waals surface area contributed by atoms with Gasteiger partial charge in [-0.05, 0) is 29.8 Å². The zero-order valence-electron chi connectivity index (χ0n) is 14.8. The molecule has 0 aromatic heterocycles. The summed E-state index contributed by atoms with van der Waals surface area (Å²) in [6, 6.07) is 12.0. The first-order valence-corrected chi connectivity index (χ1v) is 8.94. The van der Waals surface area contributed by atoms with Gasteiger partial charge in [-0.25, -0.2) is 4.39 Å². The Morgan fingerprint density at radius 3 is 2.58 bits per heavy atom. The molecule has 0 unspecified atom stereocenters. The molecule has 1 fully saturated rings. The summed E-state index contributed by atoms with van der Waals surface area (Å²) in [4.78, 5) is 14.9. The van der Waals surface area contributed by atoms with Crippen molar-refractivity contribution in [3.05, 3.63) is 59.4 Å². The van der Waals surface area contributed by atoms with Crippen LogP contribution < -0.4 is 9.47 Å². The average Bonchev–Trinajstić information content (AvgIpc) is 2.65. The summed E-state index contributed by atoms with van der Waals surface area (Å²) < 4.78 is 24.6. The van der Waals surface area contributed by atoms with E-state index in [0.717, 1.165) is 38.0 Å². The van der Waals surface area contributed by atoms with Crippen molar-refractivity contribution in [2.75, 3.05) is 20.2 Å². The average molecular weight is 355 g/mol. The number of fused-ring (bicyclic) bond motifs is 1. The summed E-state index contributed by atoms with van der Waals surface area (Å²) in [6.45, 7) is 2.49. The summed E-state index contributed by atoms with van der Waals surface area (Å²) in [6.07, 6.45) is 2.03. The van der Waals surface area contributed by atoms with Gasteiger partial charge < -0.3 is 9.47 Å². The van der Waals surface area contributed by atoms with Gasteiger partial charge in [-0.1, -0.05) is 12.1 Å². The molecular formula is C21H22FNO3. The fraction of sp³-hybridized carbons (Fsp3) is 0.381. The maximum atomic E-state index is 13.0. The Hall–Kier alpha value is -2.40. The molecule has 0 amide bonds. The molecule has 1 spiro atoms. The van der Waals surface area contributed by atoms with E-state index in [-0.39, 0.29) is 11.6 Å². The Bertz CT molecular complexity index is 811. The van der Waals surface area contributed by atoms with Gasteiger partial charge in [0.25, 0.3) is 0 Å². The second-order valence-corrected chi connectivity index (χ2v) is 7.15. The lowest BCUT2D eigenvalue weighted by Crippen LogP contribution is -2.50. The highest BCUT2D eigenvalue weighted by Gasteiger charge is 2.42. The third-order valence-electron chi connectivity index (χ3n) is 5.39. The summed E-state index contributed by atoms with van der Waals surface area (Å²) >= 11 is 0. The largest absolute Gasteiger partial charge is 0.497 e. The summed E-state index contributed by atoms with van der Waals surface area (Å²) in [5.74, 6) is 1.25. The monoisotopic (exact) mass is 355 g/mol. The lowest BCUT2D eigenvalue weighted by Gasteiger charge is -2.44. The van der Waals surface area contributed by atoms with Crippen LogP contribution >= 0.6 is 0 Å². The van der Waals surface area contributed by atoms with E-state index < -0.39 is 5.60 Å². The normalized spacial score (nSPS) is 19.1. The van der Waals surface area contributed by atoms with E-state index in [0.29, 0.717) is 23.5 Å². The Balaban J connectivity index is 1.44. The van der Waals surface area contributed by atoms with E-state index in [1.807, 2.05) is 12.1 Å². The standard InChI is InChI=1S/C21H22FNO3/c1-25-17-6-7-18-19(24)13-21(26-20(18)12-17)8-10-23(11-9-21)14-15-2-4-16(22)5-3-15/h2-7,12H,8-11,13-14H2,1H3. The first-order chi connectivity index (χ1) is 12.6. The number of likely N-dealkylation sites (tertiary alicyclic amines) is 1. The van der Waals surface area contributed by atoms with E-state index in [2.05, 4.69) is 4.90 Å². The zero-order chi connectivity index (χ0) is 18.1. The fourth-order valence-corrected chi connectivity index (χ4v) is 3.85. The number of ketones is 1. The quantitative estimate of drug-likeness (QED) is 0.839. The third-order valence-corrected chi connectivity index (χ3v) is 5.39. The molecule has 0 aliphatic carbocycles. The maximum absolute atomic E-state index is 13.0. The highest BCUT2D eigenvalue weighted by molar-refractivity contribution is 6.00.